The number of phenols is 1. The molecule has 1 unspecified atom stereocenters. The van der Waals surface area contributed by atoms with Crippen molar-refractivity contribution < 1.29 is 24.5 Å². The van der Waals surface area contributed by atoms with Crippen molar-refractivity contribution in [2.45, 2.75) is 12.5 Å². The number of Topliss-reactive ketones (excluding diaryl/α,β-unsaturated/α-hetero) is 1. The summed E-state index contributed by atoms with van der Waals surface area (Å²) < 4.78 is 5.20. The lowest BCUT2D eigenvalue weighted by atomic mass is 9.97. The van der Waals surface area contributed by atoms with Crippen LogP contribution in [0, 0.1) is 0 Å². The molecule has 6 heteroatoms. The Hall–Kier alpha value is -3.80. The normalized spacial score (nSPS) is 11.5. The molecule has 0 bridgehead atoms. The zero-order valence-electron chi connectivity index (χ0n) is 15.8. The summed E-state index contributed by atoms with van der Waals surface area (Å²) in [6.07, 6.45) is 0.178. The first-order valence-corrected chi connectivity index (χ1v) is 9.02. The van der Waals surface area contributed by atoms with E-state index in [4.69, 9.17) is 9.84 Å². The Morgan fingerprint density at radius 1 is 0.897 bits per heavy atom. The smallest absolute Gasteiger partial charge is 0.335 e. The second-order valence-electron chi connectivity index (χ2n) is 6.53. The molecule has 0 aliphatic carbocycles. The molecule has 0 spiro atoms. The number of ketones is 1. The van der Waals surface area contributed by atoms with E-state index in [1.165, 1.54) is 24.3 Å². The van der Waals surface area contributed by atoms with Crippen LogP contribution in [0.25, 0.3) is 0 Å². The highest BCUT2D eigenvalue weighted by molar-refractivity contribution is 5.96. The van der Waals surface area contributed by atoms with Gasteiger partial charge in [0.1, 0.15) is 11.5 Å². The average Bonchev–Trinajstić information content (AvgIpc) is 2.74. The molecule has 1 atom stereocenters. The standard InChI is InChI=1S/C23H21NO5/c1-29-20-12-6-15(7-13-20)21(14-22(26)16-4-10-19(25)11-5-16)24-18-8-2-17(3-9-18)23(27)28/h2-13,21,24-25H,14H2,1H3,(H,27,28). The third kappa shape index (κ3) is 5.13. The summed E-state index contributed by atoms with van der Waals surface area (Å²) in [5.41, 5.74) is 2.29. The number of ether oxygens (including phenoxy) is 1. The van der Waals surface area contributed by atoms with Crippen LogP contribution in [0.1, 0.15) is 38.7 Å². The van der Waals surface area contributed by atoms with Gasteiger partial charge in [-0.2, -0.15) is 0 Å². The monoisotopic (exact) mass is 391 g/mol. The van der Waals surface area contributed by atoms with Gasteiger partial charge in [-0.25, -0.2) is 4.79 Å². The van der Waals surface area contributed by atoms with E-state index < -0.39 is 5.97 Å². The Bertz CT molecular complexity index is 979. The molecule has 0 fully saturated rings. The molecule has 3 N–H and O–H groups in total. The molecule has 0 radical (unpaired) electrons. The van der Waals surface area contributed by atoms with E-state index in [9.17, 15) is 14.7 Å². The number of carbonyl (C=O) groups is 2. The van der Waals surface area contributed by atoms with Crippen molar-refractivity contribution in [1.29, 1.82) is 0 Å². The topological polar surface area (TPSA) is 95.9 Å². The summed E-state index contributed by atoms with van der Waals surface area (Å²) in [6.45, 7) is 0. The van der Waals surface area contributed by atoms with Crippen molar-refractivity contribution in [3.63, 3.8) is 0 Å². The van der Waals surface area contributed by atoms with Gasteiger partial charge in [0.05, 0.1) is 18.7 Å². The molecule has 29 heavy (non-hydrogen) atoms. The predicted molar refractivity (Wildman–Crippen MR) is 110 cm³/mol. The van der Waals surface area contributed by atoms with Gasteiger partial charge < -0.3 is 20.3 Å². The van der Waals surface area contributed by atoms with Crippen LogP contribution in [0.15, 0.2) is 72.8 Å². The SMILES string of the molecule is COc1ccc(C(CC(=O)c2ccc(O)cc2)Nc2ccc(C(=O)O)cc2)cc1. The van der Waals surface area contributed by atoms with Crippen LogP contribution < -0.4 is 10.1 Å². The van der Waals surface area contributed by atoms with Crippen molar-refractivity contribution in [2.24, 2.45) is 0 Å². The Morgan fingerprint density at radius 2 is 1.48 bits per heavy atom. The molecule has 0 saturated carbocycles. The first-order valence-electron chi connectivity index (χ1n) is 9.02. The van der Waals surface area contributed by atoms with E-state index in [0.29, 0.717) is 17.0 Å². The number of aromatic carboxylic acids is 1. The Labute approximate surface area is 168 Å². The van der Waals surface area contributed by atoms with Gasteiger partial charge in [-0.1, -0.05) is 12.1 Å². The van der Waals surface area contributed by atoms with Crippen molar-refractivity contribution in [1.82, 2.24) is 0 Å². The maximum atomic E-state index is 12.8. The molecular formula is C23H21NO5. The van der Waals surface area contributed by atoms with Crippen molar-refractivity contribution >= 4 is 17.4 Å². The number of nitrogens with one attached hydrogen (secondary N) is 1. The molecule has 0 saturated heterocycles. The number of hydrogen-bond acceptors (Lipinski definition) is 5. The molecule has 6 nitrogen and oxygen atoms in total. The second kappa shape index (κ2) is 8.93. The number of anilines is 1. The minimum absolute atomic E-state index is 0.0829. The number of carbonyl (C=O) groups excluding carboxylic acids is 1. The summed E-state index contributed by atoms with van der Waals surface area (Å²) >= 11 is 0. The number of carboxylic acids is 1. The number of carboxylic acid groups (broad SMARTS) is 1. The lowest BCUT2D eigenvalue weighted by molar-refractivity contribution is 0.0696. The molecule has 0 aromatic heterocycles. The molecule has 148 valence electrons. The molecule has 0 aliphatic rings. The van der Waals surface area contributed by atoms with E-state index in [-0.39, 0.29) is 29.6 Å². The summed E-state index contributed by atoms with van der Waals surface area (Å²) in [6, 6.07) is 19.6. The lowest BCUT2D eigenvalue weighted by Crippen LogP contribution is -2.16. The lowest BCUT2D eigenvalue weighted by Gasteiger charge is -2.20. The molecule has 0 heterocycles. The number of benzene rings is 3. The average molecular weight is 391 g/mol. The quantitative estimate of drug-likeness (QED) is 0.489. The predicted octanol–water partition coefficient (Wildman–Crippen LogP) is 4.53. The molecule has 3 aromatic carbocycles. The van der Waals surface area contributed by atoms with Crippen LogP contribution in [0.4, 0.5) is 5.69 Å². The number of methoxy groups -OCH3 is 1. The molecule has 3 aromatic rings. The maximum absolute atomic E-state index is 12.8. The summed E-state index contributed by atoms with van der Waals surface area (Å²) in [7, 11) is 1.59. The van der Waals surface area contributed by atoms with Crippen molar-refractivity contribution in [3.05, 3.63) is 89.5 Å². The Morgan fingerprint density at radius 3 is 2.03 bits per heavy atom. The highest BCUT2D eigenvalue weighted by Crippen LogP contribution is 2.27. The summed E-state index contributed by atoms with van der Waals surface area (Å²) in [5, 5.41) is 21.8. The van der Waals surface area contributed by atoms with E-state index in [2.05, 4.69) is 5.32 Å². The van der Waals surface area contributed by atoms with Gasteiger partial charge in [-0.3, -0.25) is 4.79 Å². The number of aromatic hydroxyl groups is 1. The number of hydrogen-bond donors (Lipinski definition) is 3. The fraction of sp³-hybridized carbons (Fsp3) is 0.130. The molecule has 0 amide bonds. The maximum Gasteiger partial charge on any atom is 0.335 e. The number of phenolic OH excluding ortho intramolecular Hbond substituents is 1. The highest BCUT2D eigenvalue weighted by atomic mass is 16.5. The van der Waals surface area contributed by atoms with Gasteiger partial charge in [-0.05, 0) is 66.2 Å². The van der Waals surface area contributed by atoms with Crippen molar-refractivity contribution in [3.8, 4) is 11.5 Å². The summed E-state index contributed by atoms with van der Waals surface area (Å²) in [4.78, 5) is 23.8. The second-order valence-corrected chi connectivity index (χ2v) is 6.53. The fourth-order valence-electron chi connectivity index (χ4n) is 2.95. The first-order chi connectivity index (χ1) is 14.0. The van der Waals surface area contributed by atoms with Crippen LogP contribution in [-0.4, -0.2) is 29.1 Å². The van der Waals surface area contributed by atoms with Crippen LogP contribution in [0.2, 0.25) is 0 Å². The highest BCUT2D eigenvalue weighted by Gasteiger charge is 2.18. The van der Waals surface area contributed by atoms with Crippen LogP contribution in [-0.2, 0) is 0 Å². The minimum atomic E-state index is -0.995. The first kappa shape index (κ1) is 19.9. The van der Waals surface area contributed by atoms with Crippen molar-refractivity contribution in [2.75, 3.05) is 12.4 Å². The van der Waals surface area contributed by atoms with E-state index in [0.717, 1.165) is 5.56 Å². The van der Waals surface area contributed by atoms with Crippen LogP contribution in [0.3, 0.4) is 0 Å². The zero-order valence-corrected chi connectivity index (χ0v) is 15.8. The van der Waals surface area contributed by atoms with E-state index >= 15 is 0 Å². The van der Waals surface area contributed by atoms with E-state index in [1.54, 1.807) is 31.4 Å². The molecule has 3 rings (SSSR count). The minimum Gasteiger partial charge on any atom is -0.508 e. The van der Waals surface area contributed by atoms with Gasteiger partial charge in [-0.15, -0.1) is 0 Å². The Kier molecular flexibility index (Phi) is 6.14. The zero-order chi connectivity index (χ0) is 20.8. The molecule has 0 aliphatic heterocycles. The number of rotatable bonds is 8. The van der Waals surface area contributed by atoms with Gasteiger partial charge >= 0.3 is 5.97 Å². The van der Waals surface area contributed by atoms with Gasteiger partial charge in [0.25, 0.3) is 0 Å². The van der Waals surface area contributed by atoms with Gasteiger partial charge in [0, 0.05) is 17.7 Å². The van der Waals surface area contributed by atoms with Gasteiger partial charge in [0.2, 0.25) is 0 Å². The van der Waals surface area contributed by atoms with Crippen LogP contribution >= 0.6 is 0 Å². The largest absolute Gasteiger partial charge is 0.508 e. The van der Waals surface area contributed by atoms with Gasteiger partial charge in [0.15, 0.2) is 5.78 Å². The fourth-order valence-corrected chi connectivity index (χ4v) is 2.95. The van der Waals surface area contributed by atoms with E-state index in [1.807, 2.05) is 24.3 Å². The summed E-state index contributed by atoms with van der Waals surface area (Å²) in [5.74, 6) is -0.265. The third-order valence-electron chi connectivity index (χ3n) is 4.57. The van der Waals surface area contributed by atoms with Crippen LogP contribution in [0.5, 0.6) is 11.5 Å². The molecular weight excluding hydrogens is 370 g/mol. The Balaban J connectivity index is 1.84. The third-order valence-corrected chi connectivity index (χ3v) is 4.57.